The molecule has 0 aliphatic rings. The number of halogens is 2. The molecule has 2 nitrogen and oxygen atoms in total. The number of aliphatic hydroxyl groups excluding tert-OH is 1. The fourth-order valence-electron chi connectivity index (χ4n) is 1.65. The summed E-state index contributed by atoms with van der Waals surface area (Å²) in [5, 5.41) is 11.2. The van der Waals surface area contributed by atoms with Crippen LogP contribution in [-0.2, 0) is 4.43 Å². The van der Waals surface area contributed by atoms with Crippen LogP contribution in [0, 0.1) is 0 Å². The van der Waals surface area contributed by atoms with Gasteiger partial charge >= 0.3 is 0 Å². The van der Waals surface area contributed by atoms with E-state index in [1.165, 1.54) is 0 Å². The molecule has 0 aliphatic carbocycles. The summed E-state index contributed by atoms with van der Waals surface area (Å²) in [4.78, 5) is 0. The summed E-state index contributed by atoms with van der Waals surface area (Å²) < 4.78 is 5.84. The topological polar surface area (TPSA) is 29.5 Å². The normalized spacial score (nSPS) is 15.7. The Morgan fingerprint density at radius 2 is 1.65 bits per heavy atom. The molecule has 1 rings (SSSR count). The lowest BCUT2D eigenvalue weighted by molar-refractivity contribution is 0.0422. The van der Waals surface area contributed by atoms with E-state index in [9.17, 15) is 5.11 Å². The quantitative estimate of drug-likeness (QED) is 0.840. The van der Waals surface area contributed by atoms with Crippen molar-refractivity contribution >= 4 is 31.5 Å². The van der Waals surface area contributed by atoms with Crippen LogP contribution >= 0.6 is 23.2 Å². The van der Waals surface area contributed by atoms with E-state index in [1.807, 2.05) is 6.92 Å². The summed E-state index contributed by atoms with van der Waals surface area (Å²) in [6.07, 6.45) is -1.12. The van der Waals surface area contributed by atoms with Crippen molar-refractivity contribution in [2.75, 3.05) is 0 Å². The standard InChI is InChI=1S/C12H18Cl2O2Si/c1-8(16-17(2,3)4)12(15)11-9(13)6-5-7-10(11)14/h5-8,12,15H,1-4H3/t8-,12+/m0/s1. The number of benzene rings is 1. The third kappa shape index (κ3) is 4.27. The number of hydrogen-bond donors (Lipinski definition) is 1. The minimum absolute atomic E-state index is 0.320. The van der Waals surface area contributed by atoms with E-state index in [2.05, 4.69) is 19.6 Å². The van der Waals surface area contributed by atoms with Crippen molar-refractivity contribution in [1.29, 1.82) is 0 Å². The second kappa shape index (κ2) is 5.72. The Labute approximate surface area is 114 Å². The van der Waals surface area contributed by atoms with Crippen molar-refractivity contribution < 1.29 is 9.53 Å². The van der Waals surface area contributed by atoms with Gasteiger partial charge in [-0.05, 0) is 38.7 Å². The van der Waals surface area contributed by atoms with Crippen LogP contribution in [0.1, 0.15) is 18.6 Å². The second-order valence-electron chi connectivity index (χ2n) is 5.02. The van der Waals surface area contributed by atoms with Crippen LogP contribution in [0.5, 0.6) is 0 Å². The van der Waals surface area contributed by atoms with Gasteiger partial charge in [-0.3, -0.25) is 0 Å². The predicted molar refractivity (Wildman–Crippen MR) is 75.3 cm³/mol. The molecule has 0 bridgehead atoms. The number of hydrogen-bond acceptors (Lipinski definition) is 2. The van der Waals surface area contributed by atoms with E-state index < -0.39 is 14.4 Å². The van der Waals surface area contributed by atoms with Gasteiger partial charge in [-0.2, -0.15) is 0 Å². The Morgan fingerprint density at radius 3 is 2.06 bits per heavy atom. The highest BCUT2D eigenvalue weighted by Gasteiger charge is 2.26. The molecule has 0 aromatic heterocycles. The van der Waals surface area contributed by atoms with Gasteiger partial charge in [-0.1, -0.05) is 29.3 Å². The molecule has 1 aromatic carbocycles. The van der Waals surface area contributed by atoms with Gasteiger partial charge in [0.05, 0.1) is 6.10 Å². The summed E-state index contributed by atoms with van der Waals surface area (Å²) in [5.41, 5.74) is 0.543. The maximum Gasteiger partial charge on any atom is 0.184 e. The number of rotatable bonds is 4. The summed E-state index contributed by atoms with van der Waals surface area (Å²) in [6.45, 7) is 8.06. The first-order valence-corrected chi connectivity index (χ1v) is 9.68. The Hall–Kier alpha value is -0.0631. The molecule has 0 saturated carbocycles. The molecule has 1 aromatic rings. The van der Waals surface area contributed by atoms with Crippen molar-refractivity contribution in [3.05, 3.63) is 33.8 Å². The Bertz CT molecular complexity index is 370. The lowest BCUT2D eigenvalue weighted by Gasteiger charge is -2.28. The van der Waals surface area contributed by atoms with Crippen LogP contribution < -0.4 is 0 Å². The highest BCUT2D eigenvalue weighted by atomic mass is 35.5. The fraction of sp³-hybridized carbons (Fsp3) is 0.500. The van der Waals surface area contributed by atoms with Gasteiger partial charge in [-0.15, -0.1) is 0 Å². The van der Waals surface area contributed by atoms with Gasteiger partial charge in [0, 0.05) is 15.6 Å². The lowest BCUT2D eigenvalue weighted by Crippen LogP contribution is -2.33. The van der Waals surface area contributed by atoms with Gasteiger partial charge in [0.15, 0.2) is 8.32 Å². The molecule has 5 heteroatoms. The summed E-state index contributed by atoms with van der Waals surface area (Å²) >= 11 is 12.1. The largest absolute Gasteiger partial charge is 0.412 e. The summed E-state index contributed by atoms with van der Waals surface area (Å²) in [5.74, 6) is 0. The first kappa shape index (κ1) is 15.0. The van der Waals surface area contributed by atoms with Crippen LogP contribution in [0.4, 0.5) is 0 Å². The van der Waals surface area contributed by atoms with E-state index in [-0.39, 0.29) is 6.10 Å². The van der Waals surface area contributed by atoms with Gasteiger partial charge < -0.3 is 9.53 Å². The second-order valence-corrected chi connectivity index (χ2v) is 10.3. The molecule has 0 heterocycles. The molecule has 0 spiro atoms. The van der Waals surface area contributed by atoms with E-state index in [0.717, 1.165) is 0 Å². The molecule has 0 fully saturated rings. The molecule has 0 saturated heterocycles. The van der Waals surface area contributed by atoms with Crippen LogP contribution in [0.3, 0.4) is 0 Å². The molecule has 0 radical (unpaired) electrons. The third-order valence-corrected chi connectivity index (χ3v) is 4.02. The Kier molecular flexibility index (Phi) is 5.04. The maximum atomic E-state index is 10.2. The molecule has 1 N–H and O–H groups in total. The summed E-state index contributed by atoms with van der Waals surface area (Å²) in [6, 6.07) is 5.19. The fourth-order valence-corrected chi connectivity index (χ4v) is 3.52. The van der Waals surface area contributed by atoms with Gasteiger partial charge in [0.1, 0.15) is 6.10 Å². The lowest BCUT2D eigenvalue weighted by atomic mass is 10.1. The minimum Gasteiger partial charge on any atom is -0.412 e. The van der Waals surface area contributed by atoms with Crippen molar-refractivity contribution in [3.8, 4) is 0 Å². The van der Waals surface area contributed by atoms with E-state index in [1.54, 1.807) is 18.2 Å². The van der Waals surface area contributed by atoms with Gasteiger partial charge in [0.25, 0.3) is 0 Å². The highest BCUT2D eigenvalue weighted by molar-refractivity contribution is 6.69. The average Bonchev–Trinajstić information content (AvgIpc) is 2.14. The van der Waals surface area contributed by atoms with Crippen LogP contribution in [0.15, 0.2) is 18.2 Å². The number of aliphatic hydroxyl groups is 1. The van der Waals surface area contributed by atoms with Gasteiger partial charge in [0.2, 0.25) is 0 Å². The van der Waals surface area contributed by atoms with E-state index in [4.69, 9.17) is 27.6 Å². The van der Waals surface area contributed by atoms with Crippen LogP contribution in [-0.4, -0.2) is 19.5 Å². The van der Waals surface area contributed by atoms with E-state index >= 15 is 0 Å². The third-order valence-electron chi connectivity index (χ3n) is 2.28. The van der Waals surface area contributed by atoms with Gasteiger partial charge in [-0.25, -0.2) is 0 Å². The van der Waals surface area contributed by atoms with Crippen molar-refractivity contribution in [2.24, 2.45) is 0 Å². The van der Waals surface area contributed by atoms with Crippen LogP contribution in [0.2, 0.25) is 29.7 Å². The monoisotopic (exact) mass is 292 g/mol. The Balaban J connectivity index is 2.93. The van der Waals surface area contributed by atoms with E-state index in [0.29, 0.717) is 15.6 Å². The molecular weight excluding hydrogens is 275 g/mol. The average molecular weight is 293 g/mol. The molecule has 2 atom stereocenters. The smallest absolute Gasteiger partial charge is 0.184 e. The van der Waals surface area contributed by atoms with Crippen molar-refractivity contribution in [1.82, 2.24) is 0 Å². The molecule has 17 heavy (non-hydrogen) atoms. The predicted octanol–water partition coefficient (Wildman–Crippen LogP) is 4.27. The molecular formula is C12H18Cl2O2Si. The SMILES string of the molecule is C[C@H](O[Si](C)(C)C)[C@@H](O)c1c(Cl)cccc1Cl. The molecule has 96 valence electrons. The first-order valence-electron chi connectivity index (χ1n) is 5.52. The van der Waals surface area contributed by atoms with Crippen molar-refractivity contribution in [2.45, 2.75) is 38.8 Å². The zero-order valence-electron chi connectivity index (χ0n) is 10.5. The summed E-state index contributed by atoms with van der Waals surface area (Å²) in [7, 11) is -1.70. The van der Waals surface area contributed by atoms with Crippen LogP contribution in [0.25, 0.3) is 0 Å². The maximum absolute atomic E-state index is 10.2. The zero-order valence-corrected chi connectivity index (χ0v) is 13.0. The van der Waals surface area contributed by atoms with Crippen molar-refractivity contribution in [3.63, 3.8) is 0 Å². The zero-order chi connectivity index (χ0) is 13.2. The highest BCUT2D eigenvalue weighted by Crippen LogP contribution is 2.33. The first-order chi connectivity index (χ1) is 7.72. The molecule has 0 unspecified atom stereocenters. The minimum atomic E-state index is -1.70. The molecule has 0 aliphatic heterocycles. The molecule has 0 amide bonds. The Morgan fingerprint density at radius 1 is 1.18 bits per heavy atom.